The van der Waals surface area contributed by atoms with Gasteiger partial charge < -0.3 is 10.6 Å². The molecular weight excluding hydrogens is 362 g/mol. The molecule has 0 aromatic heterocycles. The second kappa shape index (κ2) is 7.00. The summed E-state index contributed by atoms with van der Waals surface area (Å²) in [5, 5.41) is 5.89. The molecule has 2 aromatic carbocycles. The second-order valence-electron chi connectivity index (χ2n) is 5.25. The predicted molar refractivity (Wildman–Crippen MR) is 97.6 cm³/mol. The number of benzene rings is 2. The third kappa shape index (κ3) is 3.67. The number of halogens is 1. The van der Waals surface area contributed by atoms with Crippen LogP contribution < -0.4 is 10.6 Å². The molecular formula is C17H12ClN3O3S. The molecule has 0 unspecified atom stereocenters. The minimum Gasteiger partial charge on any atom is -0.332 e. The predicted octanol–water partition coefficient (Wildman–Crippen LogP) is 2.45. The van der Waals surface area contributed by atoms with Crippen LogP contribution in [0.15, 0.2) is 48.5 Å². The number of amides is 3. The van der Waals surface area contributed by atoms with E-state index in [9.17, 15) is 14.4 Å². The summed E-state index contributed by atoms with van der Waals surface area (Å²) in [5.41, 5.74) is 1.24. The molecule has 2 N–H and O–H groups in total. The summed E-state index contributed by atoms with van der Waals surface area (Å²) in [5.74, 6) is -1.55. The largest absolute Gasteiger partial charge is 0.332 e. The standard InChI is InChI=1S/C17H12ClN3O3S/c18-10-5-7-11(8-6-10)19-17(25)20-14(22)9-21-15(23)12-3-1-2-4-13(12)16(21)24/h1-8H,9H2,(H2,19,20,22,25). The Morgan fingerprint density at radius 2 is 1.56 bits per heavy atom. The maximum absolute atomic E-state index is 12.2. The van der Waals surface area contributed by atoms with E-state index < -0.39 is 24.3 Å². The van der Waals surface area contributed by atoms with E-state index in [2.05, 4.69) is 10.6 Å². The van der Waals surface area contributed by atoms with Gasteiger partial charge in [-0.3, -0.25) is 19.3 Å². The van der Waals surface area contributed by atoms with Crippen molar-refractivity contribution < 1.29 is 14.4 Å². The normalized spacial score (nSPS) is 12.8. The van der Waals surface area contributed by atoms with Crippen LogP contribution in [0, 0.1) is 0 Å². The van der Waals surface area contributed by atoms with Gasteiger partial charge in [-0.15, -0.1) is 0 Å². The number of nitrogens with one attached hydrogen (secondary N) is 2. The number of rotatable bonds is 3. The molecule has 1 heterocycles. The van der Waals surface area contributed by atoms with E-state index >= 15 is 0 Å². The Labute approximate surface area is 153 Å². The first-order chi connectivity index (χ1) is 12.0. The van der Waals surface area contributed by atoms with Gasteiger partial charge in [0.1, 0.15) is 6.54 Å². The van der Waals surface area contributed by atoms with Crippen molar-refractivity contribution in [3.05, 3.63) is 64.7 Å². The first-order valence-corrected chi connectivity index (χ1v) is 8.06. The minimum absolute atomic E-state index is 0.0592. The molecule has 0 atom stereocenters. The number of fused-ring (bicyclic) bond motifs is 1. The van der Waals surface area contributed by atoms with Crippen molar-refractivity contribution >= 4 is 52.3 Å². The Morgan fingerprint density at radius 3 is 2.12 bits per heavy atom. The van der Waals surface area contributed by atoms with Crippen molar-refractivity contribution in [3.8, 4) is 0 Å². The number of imide groups is 1. The Bertz CT molecular complexity index is 848. The molecule has 8 heteroatoms. The van der Waals surface area contributed by atoms with Crippen LogP contribution in [0.25, 0.3) is 0 Å². The third-order valence-electron chi connectivity index (χ3n) is 3.53. The van der Waals surface area contributed by atoms with E-state index in [1.165, 1.54) is 0 Å². The lowest BCUT2D eigenvalue weighted by Gasteiger charge is -2.14. The molecule has 6 nitrogen and oxygen atoms in total. The van der Waals surface area contributed by atoms with Crippen LogP contribution in [-0.2, 0) is 4.79 Å². The maximum atomic E-state index is 12.2. The summed E-state index contributed by atoms with van der Waals surface area (Å²) in [4.78, 5) is 37.4. The first kappa shape index (κ1) is 17.1. The van der Waals surface area contributed by atoms with Crippen molar-refractivity contribution in [1.29, 1.82) is 0 Å². The second-order valence-corrected chi connectivity index (χ2v) is 6.10. The highest BCUT2D eigenvalue weighted by molar-refractivity contribution is 7.80. The molecule has 2 aromatic rings. The lowest BCUT2D eigenvalue weighted by atomic mass is 10.1. The van der Waals surface area contributed by atoms with Gasteiger partial charge in [0.05, 0.1) is 11.1 Å². The van der Waals surface area contributed by atoms with Crippen molar-refractivity contribution in [3.63, 3.8) is 0 Å². The molecule has 0 aliphatic carbocycles. The van der Waals surface area contributed by atoms with Gasteiger partial charge in [0, 0.05) is 10.7 Å². The number of hydrogen-bond acceptors (Lipinski definition) is 4. The zero-order chi connectivity index (χ0) is 18.0. The highest BCUT2D eigenvalue weighted by Crippen LogP contribution is 2.21. The van der Waals surface area contributed by atoms with E-state index in [4.69, 9.17) is 23.8 Å². The van der Waals surface area contributed by atoms with Crippen LogP contribution >= 0.6 is 23.8 Å². The molecule has 0 fully saturated rings. The highest BCUT2D eigenvalue weighted by Gasteiger charge is 2.36. The Hall–Kier alpha value is -2.77. The number of nitrogens with zero attached hydrogens (tertiary/aromatic N) is 1. The maximum Gasteiger partial charge on any atom is 0.262 e. The van der Waals surface area contributed by atoms with Crippen LogP contribution in [0.4, 0.5) is 5.69 Å². The van der Waals surface area contributed by atoms with Gasteiger partial charge in [0.25, 0.3) is 11.8 Å². The number of carbonyl (C=O) groups excluding carboxylic acids is 3. The smallest absolute Gasteiger partial charge is 0.262 e. The van der Waals surface area contributed by atoms with Crippen molar-refractivity contribution in [2.24, 2.45) is 0 Å². The van der Waals surface area contributed by atoms with E-state index in [0.29, 0.717) is 21.8 Å². The lowest BCUT2D eigenvalue weighted by molar-refractivity contribution is -0.120. The molecule has 0 spiro atoms. The number of anilines is 1. The van der Waals surface area contributed by atoms with E-state index in [0.717, 1.165) is 4.90 Å². The van der Waals surface area contributed by atoms with Gasteiger partial charge in [0.15, 0.2) is 5.11 Å². The summed E-state index contributed by atoms with van der Waals surface area (Å²) in [6.07, 6.45) is 0. The van der Waals surface area contributed by atoms with Crippen LogP contribution in [0.1, 0.15) is 20.7 Å². The van der Waals surface area contributed by atoms with Crippen LogP contribution in [0.3, 0.4) is 0 Å². The molecule has 3 rings (SSSR count). The molecule has 0 radical (unpaired) electrons. The monoisotopic (exact) mass is 373 g/mol. The highest BCUT2D eigenvalue weighted by atomic mass is 35.5. The molecule has 0 saturated carbocycles. The van der Waals surface area contributed by atoms with Crippen LogP contribution in [0.2, 0.25) is 5.02 Å². The lowest BCUT2D eigenvalue weighted by Crippen LogP contribution is -2.43. The average molecular weight is 374 g/mol. The molecule has 25 heavy (non-hydrogen) atoms. The minimum atomic E-state index is -0.569. The molecule has 1 aliphatic heterocycles. The summed E-state index contributed by atoms with van der Waals surface area (Å²) in [6, 6.07) is 13.2. The molecule has 3 amide bonds. The fourth-order valence-corrected chi connectivity index (χ4v) is 2.75. The fraction of sp³-hybridized carbons (Fsp3) is 0.0588. The first-order valence-electron chi connectivity index (χ1n) is 7.27. The Morgan fingerprint density at radius 1 is 1.00 bits per heavy atom. The third-order valence-corrected chi connectivity index (χ3v) is 3.99. The zero-order valence-corrected chi connectivity index (χ0v) is 14.4. The average Bonchev–Trinajstić information content (AvgIpc) is 2.82. The molecule has 0 bridgehead atoms. The summed E-state index contributed by atoms with van der Waals surface area (Å²) < 4.78 is 0. The molecule has 0 saturated heterocycles. The van der Waals surface area contributed by atoms with E-state index in [-0.39, 0.29) is 5.11 Å². The number of hydrogen-bond donors (Lipinski definition) is 2. The van der Waals surface area contributed by atoms with Gasteiger partial charge in [-0.2, -0.15) is 0 Å². The van der Waals surface area contributed by atoms with Gasteiger partial charge in [-0.25, -0.2) is 0 Å². The van der Waals surface area contributed by atoms with Crippen LogP contribution in [-0.4, -0.2) is 34.3 Å². The Kier molecular flexibility index (Phi) is 4.78. The van der Waals surface area contributed by atoms with E-state index in [1.54, 1.807) is 48.5 Å². The van der Waals surface area contributed by atoms with E-state index in [1.807, 2.05) is 0 Å². The van der Waals surface area contributed by atoms with Crippen molar-refractivity contribution in [1.82, 2.24) is 10.2 Å². The van der Waals surface area contributed by atoms with Gasteiger partial charge >= 0.3 is 0 Å². The van der Waals surface area contributed by atoms with Gasteiger partial charge in [-0.1, -0.05) is 23.7 Å². The topological polar surface area (TPSA) is 78.5 Å². The van der Waals surface area contributed by atoms with Crippen molar-refractivity contribution in [2.75, 3.05) is 11.9 Å². The zero-order valence-electron chi connectivity index (χ0n) is 12.8. The van der Waals surface area contributed by atoms with Gasteiger partial charge in [-0.05, 0) is 48.6 Å². The van der Waals surface area contributed by atoms with Gasteiger partial charge in [0.2, 0.25) is 5.91 Å². The summed E-state index contributed by atoms with van der Waals surface area (Å²) in [7, 11) is 0. The molecule has 1 aliphatic rings. The number of thiocarbonyl (C=S) groups is 1. The fourth-order valence-electron chi connectivity index (χ4n) is 2.39. The summed E-state index contributed by atoms with van der Waals surface area (Å²) >= 11 is 10.8. The number of carbonyl (C=O) groups is 3. The molecule has 126 valence electrons. The van der Waals surface area contributed by atoms with Crippen LogP contribution in [0.5, 0.6) is 0 Å². The van der Waals surface area contributed by atoms with Crippen molar-refractivity contribution in [2.45, 2.75) is 0 Å². The quantitative estimate of drug-likeness (QED) is 0.638. The SMILES string of the molecule is O=C(CN1C(=O)c2ccccc2C1=O)NC(=S)Nc1ccc(Cl)cc1. The Balaban J connectivity index is 1.60. The summed E-state index contributed by atoms with van der Waals surface area (Å²) in [6.45, 7) is -0.408.